The Bertz CT molecular complexity index is 428. The summed E-state index contributed by atoms with van der Waals surface area (Å²) in [7, 11) is 2.73. The molecule has 19 heavy (non-hydrogen) atoms. The second-order valence-corrected chi connectivity index (χ2v) is 4.08. The maximum atomic E-state index is 11.4. The maximum Gasteiger partial charge on any atom is 0.337 e. The molecule has 0 radical (unpaired) electrons. The van der Waals surface area contributed by atoms with Crippen LogP contribution in [0.25, 0.3) is 0 Å². The van der Waals surface area contributed by atoms with Crippen molar-refractivity contribution in [2.24, 2.45) is 5.92 Å². The fraction of sp³-hybridized carbons (Fsp3) is 0.429. The highest BCUT2D eigenvalue weighted by atomic mass is 16.5. The van der Waals surface area contributed by atoms with E-state index in [0.717, 1.165) is 5.69 Å². The molecule has 0 heterocycles. The molecule has 0 fully saturated rings. The van der Waals surface area contributed by atoms with Gasteiger partial charge in [-0.2, -0.15) is 0 Å². The Morgan fingerprint density at radius 2 is 1.79 bits per heavy atom. The number of nitrogens with one attached hydrogen (secondary N) is 1. The number of carbonyl (C=O) groups excluding carboxylic acids is 2. The van der Waals surface area contributed by atoms with E-state index in [1.165, 1.54) is 14.2 Å². The van der Waals surface area contributed by atoms with Gasteiger partial charge in [-0.3, -0.25) is 4.79 Å². The van der Waals surface area contributed by atoms with E-state index in [2.05, 4.69) is 10.1 Å². The predicted octanol–water partition coefficient (Wildman–Crippen LogP) is 2.08. The fourth-order valence-corrected chi connectivity index (χ4v) is 1.64. The van der Waals surface area contributed by atoms with Crippen LogP contribution < -0.4 is 5.32 Å². The molecule has 0 aliphatic heterocycles. The minimum absolute atomic E-state index is 0.176. The van der Waals surface area contributed by atoms with Gasteiger partial charge in [0.2, 0.25) is 0 Å². The van der Waals surface area contributed by atoms with E-state index < -0.39 is 0 Å². The Morgan fingerprint density at radius 1 is 1.16 bits per heavy atom. The van der Waals surface area contributed by atoms with Crippen LogP contribution in [0, 0.1) is 5.92 Å². The van der Waals surface area contributed by atoms with Gasteiger partial charge in [-0.05, 0) is 30.7 Å². The second kappa shape index (κ2) is 7.41. The number of ether oxygens (including phenoxy) is 2. The summed E-state index contributed by atoms with van der Waals surface area (Å²) < 4.78 is 9.33. The van der Waals surface area contributed by atoms with Crippen LogP contribution in [0.15, 0.2) is 24.3 Å². The molecule has 104 valence electrons. The van der Waals surface area contributed by atoms with Crippen LogP contribution in [0.2, 0.25) is 0 Å². The number of methoxy groups -OCH3 is 2. The summed E-state index contributed by atoms with van der Waals surface area (Å²) in [5.41, 5.74) is 1.34. The lowest BCUT2D eigenvalue weighted by molar-refractivity contribution is -0.145. The van der Waals surface area contributed by atoms with Crippen molar-refractivity contribution in [2.45, 2.75) is 13.3 Å². The zero-order valence-corrected chi connectivity index (χ0v) is 11.4. The van der Waals surface area contributed by atoms with E-state index in [1.54, 1.807) is 24.3 Å². The molecule has 1 aromatic rings. The molecule has 0 aliphatic rings. The summed E-state index contributed by atoms with van der Waals surface area (Å²) in [6.45, 7) is 2.43. The molecule has 1 aromatic carbocycles. The molecule has 0 aliphatic carbocycles. The molecule has 0 spiro atoms. The van der Waals surface area contributed by atoms with Crippen LogP contribution in [0.4, 0.5) is 5.69 Å². The molecule has 5 nitrogen and oxygen atoms in total. The number of benzene rings is 1. The van der Waals surface area contributed by atoms with Crippen molar-refractivity contribution in [1.29, 1.82) is 0 Å². The van der Waals surface area contributed by atoms with Crippen molar-refractivity contribution < 1.29 is 19.1 Å². The van der Waals surface area contributed by atoms with E-state index in [0.29, 0.717) is 18.5 Å². The lowest BCUT2D eigenvalue weighted by Gasteiger charge is -2.14. The Balaban J connectivity index is 2.58. The van der Waals surface area contributed by atoms with Crippen LogP contribution in [0.3, 0.4) is 0 Å². The van der Waals surface area contributed by atoms with Crippen LogP contribution in [-0.4, -0.2) is 32.7 Å². The Hall–Kier alpha value is -2.04. The van der Waals surface area contributed by atoms with Crippen molar-refractivity contribution in [2.75, 3.05) is 26.1 Å². The van der Waals surface area contributed by atoms with Gasteiger partial charge < -0.3 is 14.8 Å². The highest BCUT2D eigenvalue weighted by Crippen LogP contribution is 2.12. The lowest BCUT2D eigenvalue weighted by Crippen LogP contribution is -2.23. The van der Waals surface area contributed by atoms with Gasteiger partial charge in [0.05, 0.1) is 25.7 Å². The summed E-state index contributed by atoms with van der Waals surface area (Å²) >= 11 is 0. The normalized spacial score (nSPS) is 11.5. The Labute approximate surface area is 112 Å². The minimum atomic E-state index is -0.368. The van der Waals surface area contributed by atoms with E-state index >= 15 is 0 Å². The number of anilines is 1. The zero-order valence-electron chi connectivity index (χ0n) is 11.4. The third kappa shape index (κ3) is 4.28. The third-order valence-corrected chi connectivity index (χ3v) is 2.89. The quantitative estimate of drug-likeness (QED) is 0.798. The van der Waals surface area contributed by atoms with Crippen molar-refractivity contribution in [3.8, 4) is 0 Å². The van der Waals surface area contributed by atoms with Gasteiger partial charge in [0.25, 0.3) is 0 Å². The Morgan fingerprint density at radius 3 is 2.26 bits per heavy atom. The van der Waals surface area contributed by atoms with Gasteiger partial charge in [-0.15, -0.1) is 0 Å². The molecule has 1 unspecified atom stereocenters. The topological polar surface area (TPSA) is 64.6 Å². The first-order valence-electron chi connectivity index (χ1n) is 6.12. The van der Waals surface area contributed by atoms with Gasteiger partial charge in [-0.25, -0.2) is 4.79 Å². The van der Waals surface area contributed by atoms with Crippen molar-refractivity contribution in [3.63, 3.8) is 0 Å². The number of esters is 2. The summed E-state index contributed by atoms with van der Waals surface area (Å²) in [5, 5.41) is 3.14. The lowest BCUT2D eigenvalue weighted by atomic mass is 10.1. The van der Waals surface area contributed by atoms with Gasteiger partial charge >= 0.3 is 11.9 Å². The highest BCUT2D eigenvalue weighted by Gasteiger charge is 2.16. The molecule has 0 amide bonds. The molecule has 1 N–H and O–H groups in total. The standard InChI is InChI=1S/C14H19NO4/c1-4-10(13(16)18-2)9-15-12-7-5-11(6-8-12)14(17)19-3/h5-8,10,15H,4,9H2,1-3H3. The summed E-state index contributed by atoms with van der Waals surface area (Å²) in [5.74, 6) is -0.765. The maximum absolute atomic E-state index is 11.4. The van der Waals surface area contributed by atoms with Crippen molar-refractivity contribution in [1.82, 2.24) is 0 Å². The first-order valence-corrected chi connectivity index (χ1v) is 6.12. The fourth-order valence-electron chi connectivity index (χ4n) is 1.64. The van der Waals surface area contributed by atoms with E-state index in [4.69, 9.17) is 4.74 Å². The predicted molar refractivity (Wildman–Crippen MR) is 72.1 cm³/mol. The first kappa shape index (κ1) is 15.0. The largest absolute Gasteiger partial charge is 0.469 e. The molecule has 0 aromatic heterocycles. The summed E-state index contributed by atoms with van der Waals surface area (Å²) in [6.07, 6.45) is 0.708. The van der Waals surface area contributed by atoms with Crippen molar-refractivity contribution >= 4 is 17.6 Å². The first-order chi connectivity index (χ1) is 9.12. The molecule has 1 atom stereocenters. The number of hydrogen-bond acceptors (Lipinski definition) is 5. The summed E-state index contributed by atoms with van der Waals surface area (Å²) in [4.78, 5) is 22.7. The second-order valence-electron chi connectivity index (χ2n) is 4.08. The molecule has 1 rings (SSSR count). The van der Waals surface area contributed by atoms with Crippen LogP contribution in [0.5, 0.6) is 0 Å². The van der Waals surface area contributed by atoms with Gasteiger partial charge in [0.15, 0.2) is 0 Å². The van der Waals surface area contributed by atoms with Gasteiger partial charge in [0, 0.05) is 12.2 Å². The minimum Gasteiger partial charge on any atom is -0.469 e. The van der Waals surface area contributed by atoms with Crippen LogP contribution in [-0.2, 0) is 14.3 Å². The smallest absolute Gasteiger partial charge is 0.337 e. The van der Waals surface area contributed by atoms with Crippen molar-refractivity contribution in [3.05, 3.63) is 29.8 Å². The number of rotatable bonds is 6. The average molecular weight is 265 g/mol. The zero-order chi connectivity index (χ0) is 14.3. The molecular formula is C14H19NO4. The van der Waals surface area contributed by atoms with Crippen LogP contribution in [0.1, 0.15) is 23.7 Å². The molecule has 0 saturated heterocycles. The molecular weight excluding hydrogens is 246 g/mol. The number of carbonyl (C=O) groups is 2. The van der Waals surface area contributed by atoms with E-state index in [-0.39, 0.29) is 17.9 Å². The van der Waals surface area contributed by atoms with E-state index in [9.17, 15) is 9.59 Å². The highest BCUT2D eigenvalue weighted by molar-refractivity contribution is 5.89. The average Bonchev–Trinajstić information content (AvgIpc) is 2.47. The molecule has 0 saturated carbocycles. The number of hydrogen-bond donors (Lipinski definition) is 1. The molecule has 0 bridgehead atoms. The van der Waals surface area contributed by atoms with Gasteiger partial charge in [0.1, 0.15) is 0 Å². The SMILES string of the molecule is CCC(CNc1ccc(C(=O)OC)cc1)C(=O)OC. The summed E-state index contributed by atoms with van der Waals surface area (Å²) in [6, 6.07) is 6.90. The molecule has 5 heteroatoms. The third-order valence-electron chi connectivity index (χ3n) is 2.89. The van der Waals surface area contributed by atoms with Crippen LogP contribution >= 0.6 is 0 Å². The Kier molecular flexibility index (Phi) is 5.85. The van der Waals surface area contributed by atoms with E-state index in [1.807, 2.05) is 6.92 Å². The van der Waals surface area contributed by atoms with Gasteiger partial charge in [-0.1, -0.05) is 6.92 Å². The monoisotopic (exact) mass is 265 g/mol.